The van der Waals surface area contributed by atoms with Gasteiger partial charge in [0, 0.05) is 0 Å². The summed E-state index contributed by atoms with van der Waals surface area (Å²) in [5.41, 5.74) is 0. The van der Waals surface area contributed by atoms with Crippen LogP contribution in [0.5, 0.6) is 0 Å². The molecule has 2 heteroatoms. The molecule has 0 saturated heterocycles. The summed E-state index contributed by atoms with van der Waals surface area (Å²) in [5.74, 6) is 0. The van der Waals surface area contributed by atoms with Gasteiger partial charge in [0.2, 0.25) is 0 Å². The molecule has 0 saturated carbocycles. The summed E-state index contributed by atoms with van der Waals surface area (Å²) in [6.07, 6.45) is 0. The van der Waals surface area contributed by atoms with Crippen molar-refractivity contribution in [3.05, 3.63) is 72.8 Å². The first-order chi connectivity index (χ1) is 6.00. The fourth-order valence-corrected chi connectivity index (χ4v) is 0.684. The first kappa shape index (κ1) is 15.8. The minimum Gasteiger partial charge on any atom is -0.184 e. The van der Waals surface area contributed by atoms with Crippen molar-refractivity contribution in [2.24, 2.45) is 0 Å². The second-order valence-electron chi connectivity index (χ2n) is 2.15. The average Bonchev–Trinajstić information content (AvgIpc) is 2.24. The third-order valence-electron chi connectivity index (χ3n) is 1.21. The van der Waals surface area contributed by atoms with Gasteiger partial charge in [-0.15, -0.1) is 12.4 Å². The van der Waals surface area contributed by atoms with Crippen molar-refractivity contribution in [1.82, 2.24) is 0 Å². The van der Waals surface area contributed by atoms with Crippen LogP contribution in [0, 0.1) is 12.1 Å². The smallest absolute Gasteiger partial charge is 0.184 e. The largest absolute Gasteiger partial charge is 2.00 e. The number of hydrogen-bond acceptors (Lipinski definition) is 0. The van der Waals surface area contributed by atoms with Gasteiger partial charge in [-0.3, -0.25) is 0 Å². The zero-order valence-corrected chi connectivity index (χ0v) is 11.7. The maximum Gasteiger partial charge on any atom is 2.00 e. The molecule has 0 aliphatic heterocycles. The van der Waals surface area contributed by atoms with Crippen LogP contribution >= 0.6 is 12.4 Å². The molecule has 0 aliphatic carbocycles. The third-order valence-corrected chi connectivity index (χ3v) is 1.21. The molecule has 0 aromatic heterocycles. The van der Waals surface area contributed by atoms with Gasteiger partial charge in [0.15, 0.2) is 0 Å². The van der Waals surface area contributed by atoms with Crippen LogP contribution in [0.15, 0.2) is 60.7 Å². The van der Waals surface area contributed by atoms with Gasteiger partial charge < -0.3 is 0 Å². The normalized spacial score (nSPS) is 6.86. The van der Waals surface area contributed by atoms with Gasteiger partial charge in [-0.2, -0.15) is 72.8 Å². The molecule has 2 aromatic rings. The van der Waals surface area contributed by atoms with E-state index in [0.29, 0.717) is 0 Å². The van der Waals surface area contributed by atoms with Crippen molar-refractivity contribution in [2.45, 2.75) is 0 Å². The quantitative estimate of drug-likeness (QED) is 0.500. The van der Waals surface area contributed by atoms with Crippen molar-refractivity contribution in [3.63, 3.8) is 0 Å². The van der Waals surface area contributed by atoms with E-state index in [4.69, 9.17) is 0 Å². The van der Waals surface area contributed by atoms with Gasteiger partial charge in [0.05, 0.1) is 0 Å². The van der Waals surface area contributed by atoms with Crippen LogP contribution in [-0.2, 0) is 19.5 Å². The van der Waals surface area contributed by atoms with Gasteiger partial charge in [0.1, 0.15) is 0 Å². The zero-order chi connectivity index (χ0) is 8.49. The summed E-state index contributed by atoms with van der Waals surface area (Å²) in [5, 5.41) is 0. The van der Waals surface area contributed by atoms with Crippen LogP contribution in [0.25, 0.3) is 0 Å². The molecule has 0 aliphatic rings. The molecule has 0 unspecified atom stereocenters. The SMILES string of the molecule is Cl.[Zn+2].[c-]1ccccc1.[c-]1ccccc1. The monoisotopic (exact) mass is 254 g/mol. The van der Waals surface area contributed by atoms with E-state index in [1.807, 2.05) is 60.7 Å². The predicted octanol–water partition coefficient (Wildman–Crippen LogP) is 3.39. The summed E-state index contributed by atoms with van der Waals surface area (Å²) in [4.78, 5) is 0. The minimum atomic E-state index is 0. The number of halogens is 1. The molecule has 14 heavy (non-hydrogen) atoms. The zero-order valence-electron chi connectivity index (χ0n) is 7.89. The van der Waals surface area contributed by atoms with E-state index in [2.05, 4.69) is 12.1 Å². The molecule has 0 spiro atoms. The Kier molecular flexibility index (Phi) is 13.9. The van der Waals surface area contributed by atoms with Crippen molar-refractivity contribution >= 4 is 12.4 Å². The Morgan fingerprint density at radius 2 is 0.786 bits per heavy atom. The molecule has 0 N–H and O–H groups in total. The molecule has 0 nitrogen and oxygen atoms in total. The number of benzene rings is 2. The molecule has 0 fully saturated rings. The molecule has 0 radical (unpaired) electrons. The Balaban J connectivity index is 0. The van der Waals surface area contributed by atoms with Crippen LogP contribution in [0.1, 0.15) is 0 Å². The van der Waals surface area contributed by atoms with E-state index in [1.165, 1.54) is 0 Å². The minimum absolute atomic E-state index is 0. The van der Waals surface area contributed by atoms with E-state index in [-0.39, 0.29) is 31.9 Å². The fourth-order valence-electron chi connectivity index (χ4n) is 0.684. The topological polar surface area (TPSA) is 0 Å². The average molecular weight is 256 g/mol. The Hall–Kier alpha value is -0.647. The predicted molar refractivity (Wildman–Crippen MR) is 57.8 cm³/mol. The summed E-state index contributed by atoms with van der Waals surface area (Å²) in [6.45, 7) is 0. The summed E-state index contributed by atoms with van der Waals surface area (Å²) >= 11 is 0. The second-order valence-corrected chi connectivity index (χ2v) is 2.15. The molecule has 0 bridgehead atoms. The first-order valence-corrected chi connectivity index (χ1v) is 3.82. The molecular formula is C12H11ClZn. The summed E-state index contributed by atoms with van der Waals surface area (Å²) < 4.78 is 0. The fraction of sp³-hybridized carbons (Fsp3) is 0. The van der Waals surface area contributed by atoms with Crippen molar-refractivity contribution < 1.29 is 19.5 Å². The molecule has 0 heterocycles. The maximum absolute atomic E-state index is 2.89. The Labute approximate surface area is 105 Å². The van der Waals surface area contributed by atoms with Gasteiger partial charge in [0.25, 0.3) is 0 Å². The van der Waals surface area contributed by atoms with Crippen LogP contribution in [-0.4, -0.2) is 0 Å². The van der Waals surface area contributed by atoms with Crippen LogP contribution in [0.3, 0.4) is 0 Å². The van der Waals surface area contributed by atoms with Crippen molar-refractivity contribution in [2.75, 3.05) is 0 Å². The van der Waals surface area contributed by atoms with Gasteiger partial charge in [-0.05, 0) is 0 Å². The Bertz CT molecular complexity index is 186. The van der Waals surface area contributed by atoms with Crippen LogP contribution in [0.2, 0.25) is 0 Å². The molecule has 2 rings (SSSR count). The molecular weight excluding hydrogens is 245 g/mol. The second kappa shape index (κ2) is 12.4. The maximum atomic E-state index is 2.89. The van der Waals surface area contributed by atoms with E-state index in [9.17, 15) is 0 Å². The first-order valence-electron chi connectivity index (χ1n) is 3.82. The molecule has 0 amide bonds. The van der Waals surface area contributed by atoms with E-state index in [1.54, 1.807) is 0 Å². The Morgan fingerprint density at radius 1 is 0.500 bits per heavy atom. The van der Waals surface area contributed by atoms with Crippen molar-refractivity contribution in [3.8, 4) is 0 Å². The van der Waals surface area contributed by atoms with E-state index < -0.39 is 0 Å². The number of hydrogen-bond donors (Lipinski definition) is 0. The van der Waals surface area contributed by atoms with Crippen molar-refractivity contribution in [1.29, 1.82) is 0 Å². The summed E-state index contributed by atoms with van der Waals surface area (Å²) in [7, 11) is 0. The standard InChI is InChI=1S/2C6H5.ClH.Zn/c2*1-2-4-6-5-3-1;;/h2*1-5H;1H;/q2*-1;;+2. The van der Waals surface area contributed by atoms with Gasteiger partial charge >= 0.3 is 19.5 Å². The van der Waals surface area contributed by atoms with E-state index in [0.717, 1.165) is 0 Å². The third kappa shape index (κ3) is 9.44. The van der Waals surface area contributed by atoms with Gasteiger partial charge in [-0.25, -0.2) is 0 Å². The van der Waals surface area contributed by atoms with Crippen LogP contribution in [0.4, 0.5) is 0 Å². The van der Waals surface area contributed by atoms with Crippen LogP contribution < -0.4 is 0 Å². The molecule has 68 valence electrons. The summed E-state index contributed by atoms with van der Waals surface area (Å²) in [6, 6.07) is 25.0. The Morgan fingerprint density at radius 3 is 0.857 bits per heavy atom. The van der Waals surface area contributed by atoms with Gasteiger partial charge in [-0.1, -0.05) is 0 Å². The van der Waals surface area contributed by atoms with E-state index >= 15 is 0 Å². The number of rotatable bonds is 0. The molecule has 0 atom stereocenters. The molecule has 2 aromatic carbocycles.